The van der Waals surface area contributed by atoms with Crippen molar-refractivity contribution in [3.63, 3.8) is 0 Å². The van der Waals surface area contributed by atoms with Crippen LogP contribution in [0.1, 0.15) is 37.1 Å². The average molecular weight is 280 g/mol. The van der Waals surface area contributed by atoms with E-state index in [-0.39, 0.29) is 17.9 Å². The van der Waals surface area contributed by atoms with E-state index in [1.165, 1.54) is 5.56 Å². The van der Waals surface area contributed by atoms with Gasteiger partial charge >= 0.3 is 0 Å². The lowest BCUT2D eigenvalue weighted by molar-refractivity contribution is 0.372. The van der Waals surface area contributed by atoms with Crippen molar-refractivity contribution in [1.29, 1.82) is 0 Å². The summed E-state index contributed by atoms with van der Waals surface area (Å²) in [5, 5.41) is 4.06. The number of aromatic nitrogens is 2. The normalized spacial score (nSPS) is 17.2. The van der Waals surface area contributed by atoms with Gasteiger partial charge in [0.2, 0.25) is 0 Å². The van der Waals surface area contributed by atoms with Crippen LogP contribution in [0.3, 0.4) is 0 Å². The Kier molecular flexibility index (Phi) is 3.92. The lowest BCUT2D eigenvalue weighted by Crippen LogP contribution is -2.34. The first-order chi connectivity index (χ1) is 8.67. The maximum atomic E-state index is 6.32. The lowest BCUT2D eigenvalue weighted by Gasteiger charge is -2.17. The van der Waals surface area contributed by atoms with Crippen LogP contribution in [-0.2, 0) is 5.54 Å². The van der Waals surface area contributed by atoms with Crippen molar-refractivity contribution in [2.75, 3.05) is 0 Å². The number of aryl methyl sites for hydroxylation is 1. The van der Waals surface area contributed by atoms with E-state index in [1.807, 2.05) is 31.2 Å². The molecule has 2 N–H and O–H groups in total. The summed E-state index contributed by atoms with van der Waals surface area (Å²) in [6.07, 6.45) is 4.18. The molecule has 102 valence electrons. The van der Waals surface area contributed by atoms with Gasteiger partial charge in [0.05, 0.1) is 5.54 Å². The Bertz CT molecular complexity index is 561. The number of halogens is 1. The number of nitrogens with zero attached hydrogens (tertiary/aromatic N) is 2. The van der Waals surface area contributed by atoms with Gasteiger partial charge in [-0.3, -0.25) is 0 Å². The van der Waals surface area contributed by atoms with Gasteiger partial charge in [0, 0.05) is 5.56 Å². The van der Waals surface area contributed by atoms with Crippen LogP contribution < -0.4 is 5.73 Å². The average Bonchev–Trinajstić information content (AvgIpc) is 2.98. The Morgan fingerprint density at radius 1 is 1.26 bits per heavy atom. The summed E-state index contributed by atoms with van der Waals surface area (Å²) in [4.78, 5) is 4.47. The molecule has 1 aromatic heterocycles. The molecule has 3 rings (SSSR count). The molecule has 1 aliphatic rings. The van der Waals surface area contributed by atoms with Crippen molar-refractivity contribution >= 4 is 12.4 Å². The second-order valence-electron chi connectivity index (χ2n) is 5.16. The van der Waals surface area contributed by atoms with Crippen molar-refractivity contribution in [2.45, 2.75) is 38.1 Å². The third-order valence-corrected chi connectivity index (χ3v) is 3.63. The minimum absolute atomic E-state index is 0. The van der Waals surface area contributed by atoms with Crippen molar-refractivity contribution in [3.05, 3.63) is 35.7 Å². The maximum absolute atomic E-state index is 6.32. The van der Waals surface area contributed by atoms with Crippen LogP contribution in [0.4, 0.5) is 0 Å². The van der Waals surface area contributed by atoms with Crippen LogP contribution in [0.2, 0.25) is 0 Å². The standard InChI is InChI=1S/C14H17N3O.ClH/c1-10-5-4-6-11(9-10)12-16-13(17-18-12)14(15)7-2-3-8-14;/h4-6,9H,2-3,7-8,15H2,1H3;1H. The molecule has 1 fully saturated rings. The summed E-state index contributed by atoms with van der Waals surface area (Å²) < 4.78 is 5.34. The summed E-state index contributed by atoms with van der Waals surface area (Å²) in [7, 11) is 0. The van der Waals surface area contributed by atoms with E-state index in [0.717, 1.165) is 31.2 Å². The fourth-order valence-corrected chi connectivity index (χ4v) is 2.55. The first-order valence-electron chi connectivity index (χ1n) is 6.37. The number of benzene rings is 1. The Morgan fingerprint density at radius 2 is 2.00 bits per heavy atom. The smallest absolute Gasteiger partial charge is 0.257 e. The monoisotopic (exact) mass is 279 g/mol. The quantitative estimate of drug-likeness (QED) is 0.917. The Hall–Kier alpha value is -1.39. The van der Waals surface area contributed by atoms with E-state index in [4.69, 9.17) is 10.3 Å². The molecule has 2 aromatic rings. The van der Waals surface area contributed by atoms with Gasteiger partial charge in [-0.05, 0) is 31.9 Å². The molecule has 0 amide bonds. The molecular weight excluding hydrogens is 262 g/mol. The van der Waals surface area contributed by atoms with Gasteiger partial charge in [0.25, 0.3) is 5.89 Å². The van der Waals surface area contributed by atoms with Crippen LogP contribution in [0.15, 0.2) is 28.8 Å². The molecule has 0 spiro atoms. The van der Waals surface area contributed by atoms with E-state index >= 15 is 0 Å². The SMILES string of the molecule is Cc1cccc(-c2nc(C3(N)CCCC3)no2)c1.Cl. The highest BCUT2D eigenvalue weighted by Gasteiger charge is 2.36. The number of nitrogens with two attached hydrogens (primary N) is 1. The van der Waals surface area contributed by atoms with Crippen LogP contribution in [0.5, 0.6) is 0 Å². The lowest BCUT2D eigenvalue weighted by atomic mass is 9.98. The van der Waals surface area contributed by atoms with Gasteiger partial charge in [-0.2, -0.15) is 4.98 Å². The summed E-state index contributed by atoms with van der Waals surface area (Å²) >= 11 is 0. The Balaban J connectivity index is 0.00000133. The molecule has 4 nitrogen and oxygen atoms in total. The molecule has 1 heterocycles. The van der Waals surface area contributed by atoms with Gasteiger partial charge in [-0.25, -0.2) is 0 Å². The molecule has 1 saturated carbocycles. The van der Waals surface area contributed by atoms with Gasteiger partial charge in [-0.15, -0.1) is 12.4 Å². The minimum atomic E-state index is -0.383. The first kappa shape index (κ1) is 14.0. The second kappa shape index (κ2) is 5.31. The molecule has 0 unspecified atom stereocenters. The zero-order valence-electron chi connectivity index (χ0n) is 10.9. The fraction of sp³-hybridized carbons (Fsp3) is 0.429. The van der Waals surface area contributed by atoms with Crippen molar-refractivity contribution in [1.82, 2.24) is 10.1 Å². The molecule has 1 aromatic carbocycles. The highest BCUT2D eigenvalue weighted by atomic mass is 35.5. The molecule has 0 bridgehead atoms. The third-order valence-electron chi connectivity index (χ3n) is 3.63. The van der Waals surface area contributed by atoms with E-state index in [1.54, 1.807) is 0 Å². The molecule has 1 aliphatic carbocycles. The minimum Gasteiger partial charge on any atom is -0.334 e. The van der Waals surface area contributed by atoms with Crippen molar-refractivity contribution in [3.8, 4) is 11.5 Å². The zero-order valence-corrected chi connectivity index (χ0v) is 11.7. The van der Waals surface area contributed by atoms with E-state index in [9.17, 15) is 0 Å². The Morgan fingerprint density at radius 3 is 2.68 bits per heavy atom. The van der Waals surface area contributed by atoms with Gasteiger partial charge in [-0.1, -0.05) is 35.7 Å². The molecule has 0 radical (unpaired) electrons. The van der Waals surface area contributed by atoms with Crippen molar-refractivity contribution < 1.29 is 4.52 Å². The maximum Gasteiger partial charge on any atom is 0.257 e. The third kappa shape index (κ3) is 2.65. The molecule has 5 heteroatoms. The van der Waals surface area contributed by atoms with E-state index in [0.29, 0.717) is 11.7 Å². The van der Waals surface area contributed by atoms with Crippen LogP contribution in [0, 0.1) is 6.92 Å². The van der Waals surface area contributed by atoms with Crippen molar-refractivity contribution in [2.24, 2.45) is 5.73 Å². The van der Waals surface area contributed by atoms with E-state index in [2.05, 4.69) is 10.1 Å². The van der Waals surface area contributed by atoms with Crippen LogP contribution in [-0.4, -0.2) is 10.1 Å². The van der Waals surface area contributed by atoms with Crippen LogP contribution >= 0.6 is 12.4 Å². The fourth-order valence-electron chi connectivity index (χ4n) is 2.55. The van der Waals surface area contributed by atoms with Gasteiger partial charge < -0.3 is 10.3 Å². The molecular formula is C14H18ClN3O. The predicted molar refractivity (Wildman–Crippen MR) is 76.1 cm³/mol. The first-order valence-corrected chi connectivity index (χ1v) is 6.37. The van der Waals surface area contributed by atoms with E-state index < -0.39 is 0 Å². The number of hydrogen-bond donors (Lipinski definition) is 1. The highest BCUT2D eigenvalue weighted by Crippen LogP contribution is 2.35. The molecule has 0 saturated heterocycles. The van der Waals surface area contributed by atoms with Gasteiger partial charge in [0.15, 0.2) is 5.82 Å². The summed E-state index contributed by atoms with van der Waals surface area (Å²) in [6.45, 7) is 2.04. The largest absolute Gasteiger partial charge is 0.334 e. The highest BCUT2D eigenvalue weighted by molar-refractivity contribution is 5.85. The molecule has 0 atom stereocenters. The zero-order chi connectivity index (χ0) is 12.6. The molecule has 19 heavy (non-hydrogen) atoms. The number of hydrogen-bond acceptors (Lipinski definition) is 4. The summed E-state index contributed by atoms with van der Waals surface area (Å²) in [5.74, 6) is 1.21. The summed E-state index contributed by atoms with van der Waals surface area (Å²) in [6, 6.07) is 8.04. The van der Waals surface area contributed by atoms with Crippen LogP contribution in [0.25, 0.3) is 11.5 Å². The Labute approximate surface area is 118 Å². The van der Waals surface area contributed by atoms with Gasteiger partial charge in [0.1, 0.15) is 0 Å². The second-order valence-corrected chi connectivity index (χ2v) is 5.16. The number of rotatable bonds is 2. The topological polar surface area (TPSA) is 64.9 Å². The predicted octanol–water partition coefficient (Wildman–Crippen LogP) is 3.19. The molecule has 0 aliphatic heterocycles. The summed E-state index contributed by atoms with van der Waals surface area (Å²) in [5.41, 5.74) is 8.06.